The summed E-state index contributed by atoms with van der Waals surface area (Å²) in [5.74, 6) is -0.970. The lowest BCUT2D eigenvalue weighted by molar-refractivity contribution is 0.0934. The first-order chi connectivity index (χ1) is 15.0. The first-order valence-electron chi connectivity index (χ1n) is 10.3. The summed E-state index contributed by atoms with van der Waals surface area (Å²) in [6.45, 7) is 0.820. The van der Waals surface area contributed by atoms with Gasteiger partial charge in [-0.3, -0.25) is 15.2 Å². The van der Waals surface area contributed by atoms with E-state index in [0.717, 1.165) is 23.4 Å². The number of hydrogen-bond acceptors (Lipinski definition) is 4. The highest BCUT2D eigenvalue weighted by Gasteiger charge is 2.35. The molecule has 1 amide bonds. The van der Waals surface area contributed by atoms with Crippen LogP contribution in [0.15, 0.2) is 71.7 Å². The molecule has 0 saturated carbocycles. The van der Waals surface area contributed by atoms with Crippen molar-refractivity contribution >= 4 is 11.6 Å². The summed E-state index contributed by atoms with van der Waals surface area (Å²) in [7, 11) is 4.08. The van der Waals surface area contributed by atoms with E-state index in [0.29, 0.717) is 16.1 Å². The third-order valence-electron chi connectivity index (χ3n) is 5.76. The van der Waals surface area contributed by atoms with Crippen LogP contribution in [-0.2, 0) is 6.54 Å². The Morgan fingerprint density at radius 1 is 0.968 bits per heavy atom. The number of hydrazine groups is 1. The number of carbonyl (C=O) groups is 1. The average Bonchev–Trinajstić information content (AvgIpc) is 2.75. The number of hydrogen-bond donors (Lipinski definition) is 2. The lowest BCUT2D eigenvalue weighted by Crippen LogP contribution is -2.54. The van der Waals surface area contributed by atoms with Crippen molar-refractivity contribution in [3.63, 3.8) is 0 Å². The molecule has 0 radical (unpaired) electrons. The topological polar surface area (TPSA) is 56.7 Å². The van der Waals surface area contributed by atoms with Gasteiger partial charge in [0.05, 0.1) is 28.6 Å². The lowest BCUT2D eigenvalue weighted by atomic mass is 9.81. The van der Waals surface area contributed by atoms with Crippen LogP contribution in [0.5, 0.6) is 0 Å². The summed E-state index contributed by atoms with van der Waals surface area (Å²) >= 11 is 0. The molecule has 0 aliphatic carbocycles. The third kappa shape index (κ3) is 3.49. The minimum absolute atomic E-state index is 0.151. The van der Waals surface area contributed by atoms with E-state index in [1.165, 1.54) is 17.7 Å². The summed E-state index contributed by atoms with van der Waals surface area (Å²) in [6.07, 6.45) is 0. The molecule has 5 rings (SSSR count). The number of nitrogens with zero attached hydrogens (tertiary/aromatic N) is 2. The highest BCUT2D eigenvalue weighted by molar-refractivity contribution is 5.97. The van der Waals surface area contributed by atoms with Gasteiger partial charge in [0.1, 0.15) is 5.82 Å². The first-order valence-corrected chi connectivity index (χ1v) is 10.3. The van der Waals surface area contributed by atoms with Gasteiger partial charge in [-0.05, 0) is 42.9 Å². The molecule has 2 N–H and O–H groups in total. The Labute approximate surface area is 179 Å². The van der Waals surface area contributed by atoms with Gasteiger partial charge in [-0.15, -0.1) is 0 Å². The van der Waals surface area contributed by atoms with Crippen LogP contribution in [0.4, 0.5) is 4.39 Å². The van der Waals surface area contributed by atoms with Crippen molar-refractivity contribution in [3.05, 3.63) is 105 Å². The van der Waals surface area contributed by atoms with Crippen molar-refractivity contribution in [3.8, 4) is 0 Å². The number of rotatable bonds is 4. The molecule has 0 fully saturated rings. The fourth-order valence-electron chi connectivity index (χ4n) is 4.54. The maximum atomic E-state index is 14.3. The van der Waals surface area contributed by atoms with Gasteiger partial charge in [0.15, 0.2) is 0 Å². The van der Waals surface area contributed by atoms with E-state index in [4.69, 9.17) is 4.99 Å². The molecular formula is C25H23FN4O. The Morgan fingerprint density at radius 2 is 1.74 bits per heavy atom. The fraction of sp³-hybridized carbons (Fsp3) is 0.200. The normalized spacial score (nSPS) is 19.4. The van der Waals surface area contributed by atoms with Crippen LogP contribution < -0.4 is 21.4 Å². The molecule has 0 aromatic heterocycles. The number of nitrogens with one attached hydrogen (secondary N) is 2. The maximum Gasteiger partial charge on any atom is 0.270 e. The lowest BCUT2D eigenvalue weighted by Gasteiger charge is -2.33. The van der Waals surface area contributed by atoms with Gasteiger partial charge in [-0.1, -0.05) is 54.6 Å². The highest BCUT2D eigenvalue weighted by atomic mass is 19.1. The maximum absolute atomic E-state index is 14.3. The molecule has 3 aromatic rings. The van der Waals surface area contributed by atoms with Crippen molar-refractivity contribution in [2.75, 3.05) is 14.1 Å². The number of benzene rings is 3. The van der Waals surface area contributed by atoms with E-state index in [1.54, 1.807) is 0 Å². The molecule has 3 aromatic carbocycles. The van der Waals surface area contributed by atoms with Crippen LogP contribution in [0.1, 0.15) is 39.0 Å². The molecule has 2 aliphatic rings. The molecule has 2 unspecified atom stereocenters. The molecular weight excluding hydrogens is 391 g/mol. The van der Waals surface area contributed by atoms with Crippen LogP contribution in [-0.4, -0.2) is 24.9 Å². The van der Waals surface area contributed by atoms with Crippen LogP contribution in [0.2, 0.25) is 0 Å². The van der Waals surface area contributed by atoms with E-state index < -0.39 is 5.82 Å². The van der Waals surface area contributed by atoms with Crippen molar-refractivity contribution in [1.82, 2.24) is 15.8 Å². The van der Waals surface area contributed by atoms with Crippen LogP contribution in [0.25, 0.3) is 5.70 Å². The molecule has 0 bridgehead atoms. The summed E-state index contributed by atoms with van der Waals surface area (Å²) in [5, 5.41) is 1.18. The molecule has 156 valence electrons. The smallest absolute Gasteiger partial charge is 0.270 e. The zero-order valence-electron chi connectivity index (χ0n) is 17.4. The van der Waals surface area contributed by atoms with Crippen molar-refractivity contribution in [1.29, 1.82) is 0 Å². The van der Waals surface area contributed by atoms with E-state index in [2.05, 4.69) is 40.0 Å². The molecule has 2 aliphatic heterocycles. The number of amides is 1. The fourth-order valence-corrected chi connectivity index (χ4v) is 4.54. The minimum Gasteiger partial charge on any atom is -0.305 e. The van der Waals surface area contributed by atoms with Crippen molar-refractivity contribution < 1.29 is 9.18 Å². The summed E-state index contributed by atoms with van der Waals surface area (Å²) in [5.41, 5.74) is 10.3. The zero-order valence-corrected chi connectivity index (χ0v) is 17.4. The molecule has 2 atom stereocenters. The Balaban J connectivity index is 1.78. The van der Waals surface area contributed by atoms with Gasteiger partial charge < -0.3 is 10.3 Å². The predicted octanol–water partition coefficient (Wildman–Crippen LogP) is 2.40. The van der Waals surface area contributed by atoms with Gasteiger partial charge in [-0.25, -0.2) is 4.39 Å². The van der Waals surface area contributed by atoms with Gasteiger partial charge >= 0.3 is 0 Å². The average molecular weight is 414 g/mol. The monoisotopic (exact) mass is 414 g/mol. The van der Waals surface area contributed by atoms with E-state index in [9.17, 15) is 9.18 Å². The third-order valence-corrected chi connectivity index (χ3v) is 5.76. The van der Waals surface area contributed by atoms with Crippen molar-refractivity contribution in [2.45, 2.75) is 18.5 Å². The summed E-state index contributed by atoms with van der Waals surface area (Å²) in [6, 6.07) is 20.9. The molecule has 0 saturated heterocycles. The van der Waals surface area contributed by atoms with Crippen LogP contribution >= 0.6 is 0 Å². The number of carbonyl (C=O) groups excluding carboxylic acids is 1. The van der Waals surface area contributed by atoms with E-state index >= 15 is 0 Å². The molecule has 5 nitrogen and oxygen atoms in total. The second-order valence-corrected chi connectivity index (χ2v) is 8.29. The first kappa shape index (κ1) is 19.5. The van der Waals surface area contributed by atoms with Crippen LogP contribution in [0, 0.1) is 5.82 Å². The number of halogens is 1. The second kappa shape index (κ2) is 7.63. The Hall–Kier alpha value is -3.51. The van der Waals surface area contributed by atoms with Gasteiger partial charge in [0.2, 0.25) is 0 Å². The SMILES string of the molecule is CN(C)Cc1cccc(C2C3=c4c(cc(F)cc4=NC2c2ccccc2)C(=O)NN3)c1. The molecule has 2 heterocycles. The van der Waals surface area contributed by atoms with Gasteiger partial charge in [0, 0.05) is 11.8 Å². The predicted molar refractivity (Wildman–Crippen MR) is 117 cm³/mol. The van der Waals surface area contributed by atoms with Gasteiger partial charge in [-0.2, -0.15) is 0 Å². The largest absolute Gasteiger partial charge is 0.305 e. The minimum atomic E-state index is -0.466. The Bertz CT molecular complexity index is 1290. The Morgan fingerprint density at radius 3 is 2.52 bits per heavy atom. The molecule has 0 spiro atoms. The summed E-state index contributed by atoms with van der Waals surface area (Å²) in [4.78, 5) is 19.5. The second-order valence-electron chi connectivity index (χ2n) is 8.29. The zero-order chi connectivity index (χ0) is 21.5. The van der Waals surface area contributed by atoms with Gasteiger partial charge in [0.25, 0.3) is 5.91 Å². The quantitative estimate of drug-likeness (QED) is 0.689. The Kier molecular flexibility index (Phi) is 4.79. The highest BCUT2D eigenvalue weighted by Crippen LogP contribution is 2.40. The van der Waals surface area contributed by atoms with Crippen molar-refractivity contribution in [2.24, 2.45) is 4.99 Å². The van der Waals surface area contributed by atoms with E-state index in [-0.39, 0.29) is 17.9 Å². The molecule has 6 heteroatoms. The molecule has 31 heavy (non-hydrogen) atoms. The van der Waals surface area contributed by atoms with E-state index in [1.807, 2.05) is 44.4 Å². The van der Waals surface area contributed by atoms with Crippen LogP contribution in [0.3, 0.4) is 0 Å². The summed E-state index contributed by atoms with van der Waals surface area (Å²) < 4.78 is 14.3. The standard InChI is InChI=1S/C25H23FN4O/c1-30(2)14-15-7-6-10-17(11-15)21-23(16-8-4-3-5-9-16)27-20-13-18(26)12-19-22(20)24(21)28-29-25(19)31/h3-13,21,23,28H,14H2,1-2H3,(H,29,31).